The summed E-state index contributed by atoms with van der Waals surface area (Å²) in [5.74, 6) is 0.926. The monoisotopic (exact) mass is 332 g/mol. The van der Waals surface area contributed by atoms with Crippen LogP contribution in [0.1, 0.15) is 32.3 Å². The van der Waals surface area contributed by atoms with Crippen LogP contribution in [0, 0.1) is 0 Å². The number of nitrogens with one attached hydrogen (secondary N) is 1. The van der Waals surface area contributed by atoms with Gasteiger partial charge < -0.3 is 15.8 Å². The molecular formula is C14H20N8O2. The number of nitrogens with two attached hydrogens (primary N) is 1. The summed E-state index contributed by atoms with van der Waals surface area (Å²) < 4.78 is 5.13. The molecule has 24 heavy (non-hydrogen) atoms. The van der Waals surface area contributed by atoms with Gasteiger partial charge in [-0.25, -0.2) is 14.8 Å². The third-order valence-corrected chi connectivity index (χ3v) is 2.66. The average molecular weight is 332 g/mol. The van der Waals surface area contributed by atoms with Gasteiger partial charge in [0.25, 0.3) is 0 Å². The molecule has 0 aliphatic rings. The van der Waals surface area contributed by atoms with E-state index in [-0.39, 0.29) is 5.82 Å². The number of hydrogen-bond donors (Lipinski definition) is 2. The van der Waals surface area contributed by atoms with Crippen molar-refractivity contribution in [2.45, 2.75) is 39.3 Å². The summed E-state index contributed by atoms with van der Waals surface area (Å²) >= 11 is 0. The smallest absolute Gasteiger partial charge is 0.407 e. The SMILES string of the molecule is CC(C)(C)OC(=O)NCCc1nnc(-c2nccc(CN)n2)nn1. The fraction of sp³-hybridized carbons (Fsp3) is 0.500. The molecule has 0 aliphatic carbocycles. The molecule has 0 fully saturated rings. The minimum atomic E-state index is -0.538. The van der Waals surface area contributed by atoms with Crippen molar-refractivity contribution in [1.82, 2.24) is 35.7 Å². The molecule has 2 aromatic rings. The number of carbonyl (C=O) groups is 1. The molecule has 128 valence electrons. The van der Waals surface area contributed by atoms with Gasteiger partial charge in [0, 0.05) is 25.7 Å². The molecular weight excluding hydrogens is 312 g/mol. The van der Waals surface area contributed by atoms with Gasteiger partial charge in [-0.15, -0.1) is 20.4 Å². The van der Waals surface area contributed by atoms with Crippen LogP contribution in [-0.2, 0) is 17.7 Å². The number of alkyl carbamates (subject to hydrolysis) is 1. The van der Waals surface area contributed by atoms with Crippen molar-refractivity contribution < 1.29 is 9.53 Å². The molecule has 3 N–H and O–H groups in total. The second-order valence-corrected chi connectivity index (χ2v) is 5.89. The van der Waals surface area contributed by atoms with Crippen LogP contribution in [0.5, 0.6) is 0 Å². The summed E-state index contributed by atoms with van der Waals surface area (Å²) in [6, 6.07) is 1.71. The number of amides is 1. The van der Waals surface area contributed by atoms with Crippen LogP contribution >= 0.6 is 0 Å². The van der Waals surface area contributed by atoms with Gasteiger partial charge in [-0.3, -0.25) is 0 Å². The maximum absolute atomic E-state index is 11.5. The topological polar surface area (TPSA) is 142 Å². The molecule has 0 atom stereocenters. The van der Waals surface area contributed by atoms with Gasteiger partial charge in [-0.1, -0.05) is 0 Å². The van der Waals surface area contributed by atoms with Crippen LogP contribution in [-0.4, -0.2) is 48.6 Å². The van der Waals surface area contributed by atoms with Gasteiger partial charge in [0.05, 0.1) is 5.69 Å². The first-order chi connectivity index (χ1) is 11.4. The highest BCUT2D eigenvalue weighted by Crippen LogP contribution is 2.07. The van der Waals surface area contributed by atoms with Crippen molar-refractivity contribution in [2.24, 2.45) is 5.73 Å². The second kappa shape index (κ2) is 7.68. The number of rotatable bonds is 5. The average Bonchev–Trinajstić information content (AvgIpc) is 2.54. The van der Waals surface area contributed by atoms with Gasteiger partial charge in [0.2, 0.25) is 11.6 Å². The molecule has 10 nitrogen and oxygen atoms in total. The summed E-state index contributed by atoms with van der Waals surface area (Å²) in [6.07, 6.45) is 1.46. The van der Waals surface area contributed by atoms with Gasteiger partial charge >= 0.3 is 6.09 Å². The molecule has 0 saturated carbocycles. The molecule has 1 amide bonds. The molecule has 2 heterocycles. The predicted octanol–water partition coefficient (Wildman–Crippen LogP) is 0.249. The number of aromatic nitrogens is 6. The Bertz CT molecular complexity index is 684. The summed E-state index contributed by atoms with van der Waals surface area (Å²) in [6.45, 7) is 6.00. The van der Waals surface area contributed by atoms with Gasteiger partial charge in [-0.05, 0) is 26.8 Å². The lowest BCUT2D eigenvalue weighted by Gasteiger charge is -2.19. The first-order valence-electron chi connectivity index (χ1n) is 7.43. The molecule has 0 aromatic carbocycles. The van der Waals surface area contributed by atoms with Gasteiger partial charge in [0.15, 0.2) is 5.82 Å². The summed E-state index contributed by atoms with van der Waals surface area (Å²) in [4.78, 5) is 19.8. The Kier molecular flexibility index (Phi) is 5.64. The molecule has 10 heteroatoms. The number of hydrogen-bond acceptors (Lipinski definition) is 9. The highest BCUT2D eigenvalue weighted by Gasteiger charge is 2.15. The van der Waals surface area contributed by atoms with E-state index in [0.717, 1.165) is 0 Å². The van der Waals surface area contributed by atoms with Crippen LogP contribution < -0.4 is 11.1 Å². The lowest BCUT2D eigenvalue weighted by molar-refractivity contribution is 0.0528. The first-order valence-corrected chi connectivity index (χ1v) is 7.43. The van der Waals surface area contributed by atoms with E-state index in [1.54, 1.807) is 33.0 Å². The number of nitrogens with zero attached hydrogens (tertiary/aromatic N) is 6. The number of carbonyl (C=O) groups excluding carboxylic acids is 1. The minimum Gasteiger partial charge on any atom is -0.444 e. The van der Waals surface area contributed by atoms with Crippen molar-refractivity contribution in [3.8, 4) is 11.6 Å². The first kappa shape index (κ1) is 17.6. The standard InChI is InChI=1S/C14H20N8O2/c1-14(2,3)24-13(23)17-7-5-10-19-21-12(22-20-10)11-16-6-4-9(8-15)18-11/h4,6H,5,7-8,15H2,1-3H3,(H,17,23). The Morgan fingerprint density at radius 1 is 1.21 bits per heavy atom. The van der Waals surface area contributed by atoms with Gasteiger partial charge in [-0.2, -0.15) is 0 Å². The lowest BCUT2D eigenvalue weighted by atomic mass is 10.2. The van der Waals surface area contributed by atoms with Crippen molar-refractivity contribution in [1.29, 1.82) is 0 Å². The largest absolute Gasteiger partial charge is 0.444 e. The van der Waals surface area contributed by atoms with Crippen molar-refractivity contribution in [2.75, 3.05) is 6.54 Å². The quantitative estimate of drug-likeness (QED) is 0.787. The molecule has 0 unspecified atom stereocenters. The maximum Gasteiger partial charge on any atom is 0.407 e. The van der Waals surface area contributed by atoms with Crippen LogP contribution in [0.15, 0.2) is 12.3 Å². The molecule has 0 bridgehead atoms. The third kappa shape index (κ3) is 5.47. The summed E-state index contributed by atoms with van der Waals surface area (Å²) in [5.41, 5.74) is 5.67. The Morgan fingerprint density at radius 3 is 2.54 bits per heavy atom. The van der Waals surface area contributed by atoms with Crippen molar-refractivity contribution in [3.63, 3.8) is 0 Å². The Labute approximate surface area is 139 Å². The fourth-order valence-corrected chi connectivity index (χ4v) is 1.65. The van der Waals surface area contributed by atoms with Crippen LogP contribution in [0.3, 0.4) is 0 Å². The summed E-state index contributed by atoms with van der Waals surface area (Å²) in [7, 11) is 0. The Morgan fingerprint density at radius 2 is 1.92 bits per heavy atom. The van der Waals surface area contributed by atoms with Gasteiger partial charge in [0.1, 0.15) is 5.60 Å². The van der Waals surface area contributed by atoms with Crippen LogP contribution in [0.4, 0.5) is 4.79 Å². The highest BCUT2D eigenvalue weighted by molar-refractivity contribution is 5.67. The van der Waals surface area contributed by atoms with E-state index in [4.69, 9.17) is 10.5 Å². The highest BCUT2D eigenvalue weighted by atomic mass is 16.6. The van der Waals surface area contributed by atoms with Crippen LogP contribution in [0.2, 0.25) is 0 Å². The van der Waals surface area contributed by atoms with E-state index in [9.17, 15) is 4.79 Å². The normalized spacial score (nSPS) is 11.2. The van der Waals surface area contributed by atoms with Crippen molar-refractivity contribution in [3.05, 3.63) is 23.8 Å². The molecule has 2 rings (SSSR count). The van der Waals surface area contributed by atoms with Crippen molar-refractivity contribution >= 4 is 6.09 Å². The van der Waals surface area contributed by atoms with E-state index < -0.39 is 11.7 Å². The Hall–Kier alpha value is -2.75. The molecule has 0 saturated heterocycles. The zero-order valence-electron chi connectivity index (χ0n) is 13.9. The fourth-order valence-electron chi connectivity index (χ4n) is 1.65. The second-order valence-electron chi connectivity index (χ2n) is 5.89. The van der Waals surface area contributed by atoms with E-state index in [1.165, 1.54) is 0 Å². The number of ether oxygens (including phenoxy) is 1. The third-order valence-electron chi connectivity index (χ3n) is 2.66. The minimum absolute atomic E-state index is 0.217. The Balaban J connectivity index is 1.89. The zero-order chi connectivity index (χ0) is 17.6. The van der Waals surface area contributed by atoms with E-state index in [2.05, 4.69) is 35.7 Å². The zero-order valence-corrected chi connectivity index (χ0v) is 13.9. The predicted molar refractivity (Wildman–Crippen MR) is 84.5 cm³/mol. The van der Waals surface area contributed by atoms with E-state index >= 15 is 0 Å². The van der Waals surface area contributed by atoms with E-state index in [1.807, 2.05) is 0 Å². The van der Waals surface area contributed by atoms with E-state index in [0.29, 0.717) is 36.9 Å². The maximum atomic E-state index is 11.5. The summed E-state index contributed by atoms with van der Waals surface area (Å²) in [5, 5.41) is 18.4. The molecule has 2 aromatic heterocycles. The molecule has 0 aliphatic heterocycles. The molecule has 0 radical (unpaired) electrons. The van der Waals surface area contributed by atoms with Crippen LogP contribution in [0.25, 0.3) is 11.6 Å². The molecule has 0 spiro atoms. The lowest BCUT2D eigenvalue weighted by Crippen LogP contribution is -2.33.